The van der Waals surface area contributed by atoms with E-state index in [1.807, 2.05) is 0 Å². The maximum Gasteiger partial charge on any atom is 0.223 e. The Labute approximate surface area is 116 Å². The number of likely N-dealkylation sites (tertiary alicyclic amines) is 1. The van der Waals surface area contributed by atoms with Crippen LogP contribution >= 0.6 is 0 Å². The fraction of sp³-hybridized carbons (Fsp3) is 0.933. The molecule has 0 aromatic heterocycles. The highest BCUT2D eigenvalue weighted by Crippen LogP contribution is 2.29. The van der Waals surface area contributed by atoms with Gasteiger partial charge in [0, 0.05) is 18.5 Å². The number of amides is 1. The van der Waals surface area contributed by atoms with Crippen molar-refractivity contribution in [1.82, 2.24) is 10.2 Å². The molecule has 1 aliphatic carbocycles. The average Bonchev–Trinajstić information content (AvgIpc) is 2.83. The largest absolute Gasteiger partial charge is 0.388 e. The minimum atomic E-state index is -0.631. The van der Waals surface area contributed by atoms with Crippen molar-refractivity contribution in [3.63, 3.8) is 0 Å². The fourth-order valence-electron chi connectivity index (χ4n) is 3.28. The van der Waals surface area contributed by atoms with Crippen LogP contribution in [0.1, 0.15) is 52.4 Å². The average molecular weight is 268 g/mol. The van der Waals surface area contributed by atoms with Crippen LogP contribution in [0.5, 0.6) is 0 Å². The van der Waals surface area contributed by atoms with Crippen molar-refractivity contribution in [2.24, 2.45) is 5.92 Å². The van der Waals surface area contributed by atoms with Gasteiger partial charge in [0.25, 0.3) is 0 Å². The van der Waals surface area contributed by atoms with Crippen molar-refractivity contribution < 1.29 is 9.90 Å². The van der Waals surface area contributed by atoms with Crippen LogP contribution in [0.3, 0.4) is 0 Å². The summed E-state index contributed by atoms with van der Waals surface area (Å²) in [6.45, 7) is 6.88. The fourth-order valence-corrected chi connectivity index (χ4v) is 3.28. The molecular weight excluding hydrogens is 240 g/mol. The molecular formula is C15H28N2O2. The SMILES string of the molecule is CC(C)N1CCC(C(=O)NCC2(O)CCCC2)CC1. The van der Waals surface area contributed by atoms with Crippen molar-refractivity contribution in [2.75, 3.05) is 19.6 Å². The van der Waals surface area contributed by atoms with Gasteiger partial charge >= 0.3 is 0 Å². The van der Waals surface area contributed by atoms with Crippen LogP contribution in [0.15, 0.2) is 0 Å². The van der Waals surface area contributed by atoms with Crippen LogP contribution in [0.25, 0.3) is 0 Å². The number of nitrogens with zero attached hydrogens (tertiary/aromatic N) is 1. The number of piperidine rings is 1. The van der Waals surface area contributed by atoms with E-state index >= 15 is 0 Å². The van der Waals surface area contributed by atoms with Gasteiger partial charge < -0.3 is 15.3 Å². The van der Waals surface area contributed by atoms with Crippen LogP contribution in [0.4, 0.5) is 0 Å². The molecule has 0 radical (unpaired) electrons. The summed E-state index contributed by atoms with van der Waals surface area (Å²) in [5, 5.41) is 13.2. The standard InChI is InChI=1S/C15H28N2O2/c1-12(2)17-9-5-13(6-10-17)14(18)16-11-15(19)7-3-4-8-15/h12-13,19H,3-11H2,1-2H3,(H,16,18). The highest BCUT2D eigenvalue weighted by molar-refractivity contribution is 5.78. The molecule has 2 N–H and O–H groups in total. The molecule has 0 aromatic carbocycles. The Morgan fingerprint density at radius 2 is 1.89 bits per heavy atom. The molecule has 1 saturated carbocycles. The summed E-state index contributed by atoms with van der Waals surface area (Å²) in [4.78, 5) is 14.6. The molecule has 0 spiro atoms. The zero-order valence-corrected chi connectivity index (χ0v) is 12.3. The summed E-state index contributed by atoms with van der Waals surface area (Å²) in [6.07, 6.45) is 5.72. The van der Waals surface area contributed by atoms with E-state index in [1.54, 1.807) is 0 Å². The van der Waals surface area contributed by atoms with E-state index in [-0.39, 0.29) is 11.8 Å². The van der Waals surface area contributed by atoms with Crippen LogP contribution in [0.2, 0.25) is 0 Å². The first-order valence-corrected chi connectivity index (χ1v) is 7.74. The normalized spacial score (nSPS) is 24.8. The highest BCUT2D eigenvalue weighted by atomic mass is 16.3. The number of hydrogen-bond donors (Lipinski definition) is 2. The summed E-state index contributed by atoms with van der Waals surface area (Å²) < 4.78 is 0. The van der Waals surface area contributed by atoms with E-state index in [0.717, 1.165) is 51.6 Å². The molecule has 1 aliphatic heterocycles. The second kappa shape index (κ2) is 6.23. The van der Waals surface area contributed by atoms with Gasteiger partial charge in [-0.3, -0.25) is 4.79 Å². The van der Waals surface area contributed by atoms with E-state index in [4.69, 9.17) is 0 Å². The Morgan fingerprint density at radius 1 is 1.32 bits per heavy atom. The minimum Gasteiger partial charge on any atom is -0.388 e. The third-order valence-corrected chi connectivity index (χ3v) is 4.76. The second-order valence-corrected chi connectivity index (χ2v) is 6.55. The Bertz CT molecular complexity index is 303. The van der Waals surface area contributed by atoms with Gasteiger partial charge in [-0.25, -0.2) is 0 Å². The smallest absolute Gasteiger partial charge is 0.223 e. The summed E-state index contributed by atoms with van der Waals surface area (Å²) in [5.41, 5.74) is -0.631. The number of carbonyl (C=O) groups excluding carboxylic acids is 1. The van der Waals surface area contributed by atoms with Gasteiger partial charge in [0.15, 0.2) is 0 Å². The third kappa shape index (κ3) is 3.93. The molecule has 1 heterocycles. The molecule has 1 amide bonds. The quantitative estimate of drug-likeness (QED) is 0.813. The Morgan fingerprint density at radius 3 is 2.42 bits per heavy atom. The first-order valence-electron chi connectivity index (χ1n) is 7.74. The lowest BCUT2D eigenvalue weighted by molar-refractivity contribution is -0.127. The van der Waals surface area contributed by atoms with Crippen molar-refractivity contribution in [1.29, 1.82) is 0 Å². The summed E-state index contributed by atoms with van der Waals surface area (Å²) >= 11 is 0. The van der Waals surface area contributed by atoms with Crippen LogP contribution < -0.4 is 5.32 Å². The molecule has 110 valence electrons. The van der Waals surface area contributed by atoms with E-state index < -0.39 is 5.60 Å². The lowest BCUT2D eigenvalue weighted by Crippen LogP contribution is -2.46. The molecule has 0 unspecified atom stereocenters. The molecule has 2 aliphatic rings. The van der Waals surface area contributed by atoms with Gasteiger partial charge in [0.2, 0.25) is 5.91 Å². The number of carbonyl (C=O) groups is 1. The van der Waals surface area contributed by atoms with Crippen molar-refractivity contribution in [3.8, 4) is 0 Å². The predicted molar refractivity (Wildman–Crippen MR) is 75.9 cm³/mol. The monoisotopic (exact) mass is 268 g/mol. The van der Waals surface area contributed by atoms with E-state index in [2.05, 4.69) is 24.1 Å². The molecule has 0 aromatic rings. The number of hydrogen-bond acceptors (Lipinski definition) is 3. The summed E-state index contributed by atoms with van der Waals surface area (Å²) in [7, 11) is 0. The van der Waals surface area contributed by atoms with Crippen molar-refractivity contribution in [3.05, 3.63) is 0 Å². The first kappa shape index (κ1) is 14.8. The summed E-state index contributed by atoms with van der Waals surface area (Å²) in [5.74, 6) is 0.281. The van der Waals surface area contributed by atoms with E-state index in [1.165, 1.54) is 0 Å². The highest BCUT2D eigenvalue weighted by Gasteiger charge is 2.33. The van der Waals surface area contributed by atoms with Crippen molar-refractivity contribution in [2.45, 2.75) is 64.0 Å². The van der Waals surface area contributed by atoms with Gasteiger partial charge in [-0.2, -0.15) is 0 Å². The van der Waals surface area contributed by atoms with Gasteiger partial charge in [0.1, 0.15) is 0 Å². The molecule has 4 nitrogen and oxygen atoms in total. The van der Waals surface area contributed by atoms with Crippen molar-refractivity contribution >= 4 is 5.91 Å². The molecule has 0 bridgehead atoms. The third-order valence-electron chi connectivity index (χ3n) is 4.76. The zero-order chi connectivity index (χ0) is 13.9. The van der Waals surface area contributed by atoms with Crippen LogP contribution in [0, 0.1) is 5.92 Å². The number of aliphatic hydroxyl groups is 1. The Balaban J connectivity index is 1.72. The lowest BCUT2D eigenvalue weighted by atomic mass is 9.94. The predicted octanol–water partition coefficient (Wildman–Crippen LogP) is 1.53. The molecule has 2 rings (SSSR count). The van der Waals surface area contributed by atoms with Gasteiger partial charge in [-0.05, 0) is 52.6 Å². The van der Waals surface area contributed by atoms with Crippen LogP contribution in [-0.4, -0.2) is 47.2 Å². The van der Waals surface area contributed by atoms with E-state index in [0.29, 0.717) is 12.6 Å². The maximum atomic E-state index is 12.1. The number of nitrogens with one attached hydrogen (secondary N) is 1. The van der Waals surface area contributed by atoms with Crippen LogP contribution in [-0.2, 0) is 4.79 Å². The van der Waals surface area contributed by atoms with Gasteiger partial charge in [-0.15, -0.1) is 0 Å². The maximum absolute atomic E-state index is 12.1. The van der Waals surface area contributed by atoms with Gasteiger partial charge in [0.05, 0.1) is 5.60 Å². The molecule has 4 heteroatoms. The lowest BCUT2D eigenvalue weighted by Gasteiger charge is -2.34. The van der Waals surface area contributed by atoms with E-state index in [9.17, 15) is 9.90 Å². The minimum absolute atomic E-state index is 0.139. The zero-order valence-electron chi connectivity index (χ0n) is 12.3. The van der Waals surface area contributed by atoms with Gasteiger partial charge in [-0.1, -0.05) is 12.8 Å². The second-order valence-electron chi connectivity index (χ2n) is 6.55. The number of rotatable bonds is 4. The first-order chi connectivity index (χ1) is 9.00. The molecule has 19 heavy (non-hydrogen) atoms. The summed E-state index contributed by atoms with van der Waals surface area (Å²) in [6, 6.07) is 0.572. The molecule has 0 atom stereocenters. The topological polar surface area (TPSA) is 52.6 Å². The Kier molecular flexibility index (Phi) is 4.85. The Hall–Kier alpha value is -0.610. The molecule has 2 fully saturated rings. The molecule has 1 saturated heterocycles.